The molecule has 6 rings (SSSR count). The molecular formula is C31H29N5O2. The van der Waals surface area contributed by atoms with Crippen molar-refractivity contribution in [1.29, 1.82) is 0 Å². The van der Waals surface area contributed by atoms with Gasteiger partial charge in [-0.3, -0.25) is 4.79 Å². The van der Waals surface area contributed by atoms with Crippen molar-refractivity contribution in [2.45, 2.75) is 6.92 Å². The van der Waals surface area contributed by atoms with Crippen LogP contribution < -0.4 is 9.64 Å². The van der Waals surface area contributed by atoms with Gasteiger partial charge >= 0.3 is 0 Å². The molecule has 7 heteroatoms. The summed E-state index contributed by atoms with van der Waals surface area (Å²) in [5, 5.41) is 1.02. The first kappa shape index (κ1) is 23.7. The molecule has 0 aliphatic carbocycles. The van der Waals surface area contributed by atoms with Crippen molar-refractivity contribution in [3.63, 3.8) is 0 Å². The molecule has 5 aromatic rings. The summed E-state index contributed by atoms with van der Waals surface area (Å²) in [4.78, 5) is 26.9. The molecule has 1 saturated heterocycles. The van der Waals surface area contributed by atoms with Crippen LogP contribution in [0.15, 0.2) is 91.4 Å². The minimum atomic E-state index is 0.0204. The molecule has 0 radical (unpaired) electrons. The van der Waals surface area contributed by atoms with Crippen molar-refractivity contribution in [2.75, 3.05) is 38.2 Å². The van der Waals surface area contributed by atoms with E-state index in [1.54, 1.807) is 19.5 Å². The van der Waals surface area contributed by atoms with Crippen LogP contribution in [-0.2, 0) is 0 Å². The van der Waals surface area contributed by atoms with Gasteiger partial charge in [-0.1, -0.05) is 54.6 Å². The third kappa shape index (κ3) is 4.26. The number of carbonyl (C=O) groups is 1. The second kappa shape index (κ2) is 10.0. The molecule has 0 N–H and O–H groups in total. The quantitative estimate of drug-likeness (QED) is 0.323. The standard InChI is InChI=1S/C31H29N5O2/c1-22-9-6-7-14-27(22)36-20-26(23-10-4-3-5-11-23)28-29(32-21-33-30(28)36)34-15-17-35(18-16-34)31(37)24-12-8-13-25(19-24)38-2/h3-14,19-21H,15-18H2,1-2H3. The van der Waals surface area contributed by atoms with E-state index in [0.29, 0.717) is 37.5 Å². The maximum atomic E-state index is 13.2. The smallest absolute Gasteiger partial charge is 0.254 e. The predicted octanol–water partition coefficient (Wildman–Crippen LogP) is 5.37. The van der Waals surface area contributed by atoms with Gasteiger partial charge in [-0.25, -0.2) is 9.97 Å². The Morgan fingerprint density at radius 2 is 1.63 bits per heavy atom. The molecule has 1 fully saturated rings. The van der Waals surface area contributed by atoms with Crippen LogP contribution in [0, 0.1) is 6.92 Å². The lowest BCUT2D eigenvalue weighted by Gasteiger charge is -2.35. The zero-order valence-corrected chi connectivity index (χ0v) is 21.5. The Morgan fingerprint density at radius 1 is 0.868 bits per heavy atom. The summed E-state index contributed by atoms with van der Waals surface area (Å²) in [7, 11) is 1.61. The van der Waals surface area contributed by atoms with E-state index < -0.39 is 0 Å². The fraction of sp³-hybridized carbons (Fsp3) is 0.194. The number of piperazine rings is 1. The molecule has 7 nitrogen and oxygen atoms in total. The van der Waals surface area contributed by atoms with Crippen LogP contribution in [0.25, 0.3) is 27.8 Å². The minimum absolute atomic E-state index is 0.0204. The van der Waals surface area contributed by atoms with Gasteiger partial charge in [0.1, 0.15) is 17.9 Å². The maximum absolute atomic E-state index is 13.2. The van der Waals surface area contributed by atoms with E-state index in [1.807, 2.05) is 29.2 Å². The molecule has 0 spiro atoms. The molecule has 3 heterocycles. The molecule has 0 unspecified atom stereocenters. The summed E-state index contributed by atoms with van der Waals surface area (Å²) in [6.45, 7) is 4.71. The van der Waals surface area contributed by atoms with Gasteiger partial charge in [0.15, 0.2) is 5.65 Å². The SMILES string of the molecule is COc1cccc(C(=O)N2CCN(c3ncnc4c3c(-c3ccccc3)cn4-c3ccccc3C)CC2)c1. The fourth-order valence-corrected chi connectivity index (χ4v) is 5.20. The summed E-state index contributed by atoms with van der Waals surface area (Å²) in [5.74, 6) is 1.60. The Kier molecular flexibility index (Phi) is 6.25. The lowest BCUT2D eigenvalue weighted by Crippen LogP contribution is -2.49. The molecule has 0 saturated carbocycles. The Bertz CT molecular complexity index is 1600. The molecule has 0 atom stereocenters. The normalized spacial score (nSPS) is 13.6. The van der Waals surface area contributed by atoms with Crippen LogP contribution >= 0.6 is 0 Å². The average Bonchev–Trinajstić information content (AvgIpc) is 3.37. The van der Waals surface area contributed by atoms with E-state index in [4.69, 9.17) is 14.7 Å². The molecule has 38 heavy (non-hydrogen) atoms. The van der Waals surface area contributed by atoms with Gasteiger partial charge in [0.05, 0.1) is 12.5 Å². The number of amides is 1. The molecular weight excluding hydrogens is 474 g/mol. The lowest BCUT2D eigenvalue weighted by molar-refractivity contribution is 0.0746. The zero-order valence-electron chi connectivity index (χ0n) is 21.5. The predicted molar refractivity (Wildman–Crippen MR) is 150 cm³/mol. The van der Waals surface area contributed by atoms with Crippen molar-refractivity contribution < 1.29 is 9.53 Å². The van der Waals surface area contributed by atoms with E-state index in [9.17, 15) is 4.79 Å². The van der Waals surface area contributed by atoms with Gasteiger partial charge in [0.25, 0.3) is 5.91 Å². The van der Waals surface area contributed by atoms with Crippen LogP contribution in [-0.4, -0.2) is 58.6 Å². The highest BCUT2D eigenvalue weighted by molar-refractivity contribution is 6.02. The molecule has 3 aromatic carbocycles. The first-order chi connectivity index (χ1) is 18.6. The van der Waals surface area contributed by atoms with E-state index in [0.717, 1.165) is 33.7 Å². The van der Waals surface area contributed by atoms with E-state index >= 15 is 0 Å². The van der Waals surface area contributed by atoms with Crippen molar-refractivity contribution in [2.24, 2.45) is 0 Å². The van der Waals surface area contributed by atoms with Crippen LogP contribution in [0.3, 0.4) is 0 Å². The number of hydrogen-bond acceptors (Lipinski definition) is 5. The number of rotatable bonds is 5. The number of carbonyl (C=O) groups excluding carboxylic acids is 1. The molecule has 0 bridgehead atoms. The fourth-order valence-electron chi connectivity index (χ4n) is 5.20. The number of benzene rings is 3. The Hall–Kier alpha value is -4.65. The van der Waals surface area contributed by atoms with Crippen LogP contribution in [0.5, 0.6) is 5.75 Å². The zero-order chi connectivity index (χ0) is 26.1. The molecule has 1 aliphatic heterocycles. The third-order valence-electron chi connectivity index (χ3n) is 7.21. The largest absolute Gasteiger partial charge is 0.497 e. The van der Waals surface area contributed by atoms with E-state index in [1.165, 1.54) is 5.56 Å². The number of para-hydroxylation sites is 1. The van der Waals surface area contributed by atoms with E-state index in [2.05, 4.69) is 71.1 Å². The number of anilines is 1. The third-order valence-corrected chi connectivity index (χ3v) is 7.21. The van der Waals surface area contributed by atoms with Crippen LogP contribution in [0.4, 0.5) is 5.82 Å². The highest BCUT2D eigenvalue weighted by Gasteiger charge is 2.26. The van der Waals surface area contributed by atoms with Crippen molar-refractivity contribution in [1.82, 2.24) is 19.4 Å². The lowest BCUT2D eigenvalue weighted by atomic mass is 10.1. The summed E-state index contributed by atoms with van der Waals surface area (Å²) in [6, 6.07) is 26.1. The maximum Gasteiger partial charge on any atom is 0.254 e. The van der Waals surface area contributed by atoms with Gasteiger partial charge in [0.2, 0.25) is 0 Å². The van der Waals surface area contributed by atoms with Crippen LogP contribution in [0.2, 0.25) is 0 Å². The van der Waals surface area contributed by atoms with Gasteiger partial charge in [0, 0.05) is 49.2 Å². The number of nitrogens with zero attached hydrogens (tertiary/aromatic N) is 5. The molecule has 190 valence electrons. The highest BCUT2D eigenvalue weighted by atomic mass is 16.5. The Morgan fingerprint density at radius 3 is 2.39 bits per heavy atom. The molecule has 2 aromatic heterocycles. The van der Waals surface area contributed by atoms with Gasteiger partial charge < -0.3 is 19.1 Å². The average molecular weight is 504 g/mol. The van der Waals surface area contributed by atoms with Crippen molar-refractivity contribution in [3.8, 4) is 22.6 Å². The van der Waals surface area contributed by atoms with Gasteiger partial charge in [-0.2, -0.15) is 0 Å². The second-order valence-corrected chi connectivity index (χ2v) is 9.47. The Balaban J connectivity index is 1.36. The van der Waals surface area contributed by atoms with E-state index in [-0.39, 0.29) is 5.91 Å². The topological polar surface area (TPSA) is 63.5 Å². The number of fused-ring (bicyclic) bond motifs is 1. The number of ether oxygens (including phenoxy) is 1. The number of aromatic nitrogens is 3. The first-order valence-electron chi connectivity index (χ1n) is 12.8. The summed E-state index contributed by atoms with van der Waals surface area (Å²) < 4.78 is 7.47. The number of methoxy groups -OCH3 is 1. The van der Waals surface area contributed by atoms with Gasteiger partial charge in [-0.15, -0.1) is 0 Å². The minimum Gasteiger partial charge on any atom is -0.497 e. The summed E-state index contributed by atoms with van der Waals surface area (Å²) >= 11 is 0. The highest BCUT2D eigenvalue weighted by Crippen LogP contribution is 2.37. The molecule has 1 amide bonds. The number of aryl methyl sites for hydroxylation is 1. The van der Waals surface area contributed by atoms with Crippen molar-refractivity contribution >= 4 is 22.8 Å². The summed E-state index contributed by atoms with van der Waals surface area (Å²) in [6.07, 6.45) is 3.82. The van der Waals surface area contributed by atoms with Crippen molar-refractivity contribution in [3.05, 3.63) is 103 Å². The Labute approximate surface area is 221 Å². The summed E-state index contributed by atoms with van der Waals surface area (Å²) in [5.41, 5.74) is 6.00. The first-order valence-corrected chi connectivity index (χ1v) is 12.8. The number of hydrogen-bond donors (Lipinski definition) is 0. The second-order valence-electron chi connectivity index (χ2n) is 9.47. The van der Waals surface area contributed by atoms with Gasteiger partial charge in [-0.05, 0) is 42.3 Å². The van der Waals surface area contributed by atoms with Crippen LogP contribution in [0.1, 0.15) is 15.9 Å². The monoisotopic (exact) mass is 503 g/mol. The molecule has 1 aliphatic rings.